The molecule has 1 aliphatic rings. The molecule has 0 spiro atoms. The average Bonchev–Trinajstić information content (AvgIpc) is 2.62. The van der Waals surface area contributed by atoms with Crippen molar-refractivity contribution in [2.75, 3.05) is 7.05 Å². The summed E-state index contributed by atoms with van der Waals surface area (Å²) in [5.41, 5.74) is 1.19. The maximum Gasteiger partial charge on any atom is 0.0576 e. The lowest BCUT2D eigenvalue weighted by molar-refractivity contribution is 0.500. The molecule has 2 nitrogen and oxygen atoms in total. The molecule has 0 aliphatic heterocycles. The van der Waals surface area contributed by atoms with Gasteiger partial charge in [0.25, 0.3) is 0 Å². The second-order valence-corrected chi connectivity index (χ2v) is 6.86. The number of hydrogen-bond acceptors (Lipinski definition) is 2. The zero-order valence-electron chi connectivity index (χ0n) is 11.3. The molecule has 0 heterocycles. The van der Waals surface area contributed by atoms with Crippen LogP contribution in [-0.2, 0) is 10.8 Å². The summed E-state index contributed by atoms with van der Waals surface area (Å²) in [5.74, 6) is 0. The minimum absolute atomic E-state index is 0.263. The molecule has 1 fully saturated rings. The fourth-order valence-corrected chi connectivity index (χ4v) is 4.59. The predicted molar refractivity (Wildman–Crippen MR) is 77.3 cm³/mol. The Bertz CT molecular complexity index is 419. The van der Waals surface area contributed by atoms with E-state index < -0.39 is 10.8 Å². The van der Waals surface area contributed by atoms with Gasteiger partial charge in [-0.1, -0.05) is 31.4 Å². The highest BCUT2D eigenvalue weighted by Crippen LogP contribution is 2.25. The molecule has 1 aromatic rings. The molecule has 3 heteroatoms. The summed E-state index contributed by atoms with van der Waals surface area (Å²) in [6.45, 7) is 2.06. The largest absolute Gasteiger partial charge is 0.316 e. The van der Waals surface area contributed by atoms with Gasteiger partial charge in [-0.15, -0.1) is 0 Å². The van der Waals surface area contributed by atoms with Crippen molar-refractivity contribution >= 4 is 10.8 Å². The zero-order valence-corrected chi connectivity index (χ0v) is 12.1. The molecule has 3 unspecified atom stereocenters. The van der Waals surface area contributed by atoms with Crippen LogP contribution in [-0.4, -0.2) is 22.5 Å². The molecule has 0 amide bonds. The molecule has 0 radical (unpaired) electrons. The highest BCUT2D eigenvalue weighted by Gasteiger charge is 2.28. The van der Waals surface area contributed by atoms with Gasteiger partial charge in [-0.05, 0) is 44.5 Å². The molecule has 100 valence electrons. The predicted octanol–water partition coefficient (Wildman–Crippen LogP) is 3.02. The number of hydrogen-bond donors (Lipinski definition) is 1. The fourth-order valence-electron chi connectivity index (χ4n) is 2.78. The molecular formula is C15H23NOS. The van der Waals surface area contributed by atoms with E-state index in [0.29, 0.717) is 6.04 Å². The standard InChI is InChI=1S/C15H23NOS/c1-12-7-6-8-13(11-12)18(17)15-10-5-3-4-9-14(15)16-2/h6-8,11,14-16H,3-5,9-10H2,1-2H3. The number of nitrogens with one attached hydrogen (secondary N) is 1. The van der Waals surface area contributed by atoms with Crippen LogP contribution >= 0.6 is 0 Å². The Kier molecular flexibility index (Phi) is 4.95. The summed E-state index contributed by atoms with van der Waals surface area (Å²) < 4.78 is 12.7. The van der Waals surface area contributed by atoms with Gasteiger partial charge in [0.2, 0.25) is 0 Å². The summed E-state index contributed by atoms with van der Waals surface area (Å²) in [5, 5.41) is 3.63. The maximum absolute atomic E-state index is 12.7. The first-order chi connectivity index (χ1) is 8.72. The summed E-state index contributed by atoms with van der Waals surface area (Å²) >= 11 is 0. The second-order valence-electron chi connectivity index (χ2n) is 5.19. The molecule has 2 rings (SSSR count). The van der Waals surface area contributed by atoms with Crippen LogP contribution in [0.2, 0.25) is 0 Å². The normalized spacial score (nSPS) is 26.6. The highest BCUT2D eigenvalue weighted by molar-refractivity contribution is 7.85. The van der Waals surface area contributed by atoms with E-state index >= 15 is 0 Å². The summed E-state index contributed by atoms with van der Waals surface area (Å²) in [6.07, 6.45) is 5.97. The van der Waals surface area contributed by atoms with E-state index in [4.69, 9.17) is 0 Å². The van der Waals surface area contributed by atoms with E-state index in [-0.39, 0.29) is 5.25 Å². The third-order valence-electron chi connectivity index (χ3n) is 3.82. The van der Waals surface area contributed by atoms with E-state index in [0.717, 1.165) is 17.7 Å². The van der Waals surface area contributed by atoms with Crippen molar-refractivity contribution in [2.24, 2.45) is 0 Å². The molecular weight excluding hydrogens is 242 g/mol. The SMILES string of the molecule is CNC1CCCCCC1S(=O)c1cccc(C)c1. The van der Waals surface area contributed by atoms with Crippen molar-refractivity contribution < 1.29 is 4.21 Å². The van der Waals surface area contributed by atoms with Crippen LogP contribution in [0, 0.1) is 6.92 Å². The second kappa shape index (κ2) is 6.48. The Morgan fingerprint density at radius 1 is 1.22 bits per heavy atom. The topological polar surface area (TPSA) is 29.1 Å². The molecule has 1 N–H and O–H groups in total. The fraction of sp³-hybridized carbons (Fsp3) is 0.600. The minimum Gasteiger partial charge on any atom is -0.316 e. The minimum atomic E-state index is -0.884. The van der Waals surface area contributed by atoms with Crippen LogP contribution in [0.15, 0.2) is 29.2 Å². The lowest BCUT2D eigenvalue weighted by Crippen LogP contribution is -2.39. The Labute approximate surface area is 113 Å². The van der Waals surface area contributed by atoms with Gasteiger partial charge < -0.3 is 5.32 Å². The molecule has 18 heavy (non-hydrogen) atoms. The Morgan fingerprint density at radius 3 is 2.72 bits per heavy atom. The van der Waals surface area contributed by atoms with Gasteiger partial charge in [0.15, 0.2) is 0 Å². The van der Waals surface area contributed by atoms with Gasteiger partial charge in [-0.2, -0.15) is 0 Å². The van der Waals surface area contributed by atoms with Crippen LogP contribution in [0.25, 0.3) is 0 Å². The third-order valence-corrected chi connectivity index (χ3v) is 5.65. The third kappa shape index (κ3) is 3.21. The molecule has 1 aliphatic carbocycles. The van der Waals surface area contributed by atoms with E-state index in [1.807, 2.05) is 19.2 Å². The van der Waals surface area contributed by atoms with Crippen LogP contribution in [0.3, 0.4) is 0 Å². The van der Waals surface area contributed by atoms with Crippen LogP contribution < -0.4 is 5.32 Å². The quantitative estimate of drug-likeness (QED) is 0.851. The number of rotatable bonds is 3. The molecule has 1 aromatic carbocycles. The number of benzene rings is 1. The first kappa shape index (κ1) is 13.8. The highest BCUT2D eigenvalue weighted by atomic mass is 32.2. The molecule has 0 aromatic heterocycles. The van der Waals surface area contributed by atoms with E-state index in [2.05, 4.69) is 24.4 Å². The Morgan fingerprint density at radius 2 is 2.00 bits per heavy atom. The molecule has 0 bridgehead atoms. The smallest absolute Gasteiger partial charge is 0.0576 e. The van der Waals surface area contributed by atoms with Gasteiger partial charge in [-0.25, -0.2) is 0 Å². The van der Waals surface area contributed by atoms with E-state index in [1.165, 1.54) is 24.8 Å². The van der Waals surface area contributed by atoms with Crippen molar-refractivity contribution in [1.29, 1.82) is 0 Å². The van der Waals surface area contributed by atoms with Crippen molar-refractivity contribution in [3.8, 4) is 0 Å². The van der Waals surface area contributed by atoms with Gasteiger partial charge in [0, 0.05) is 10.9 Å². The summed E-state index contributed by atoms with van der Waals surface area (Å²) in [6, 6.07) is 8.53. The van der Waals surface area contributed by atoms with Crippen LogP contribution in [0.1, 0.15) is 37.7 Å². The van der Waals surface area contributed by atoms with E-state index in [1.54, 1.807) is 0 Å². The first-order valence-electron chi connectivity index (χ1n) is 6.87. The first-order valence-corrected chi connectivity index (χ1v) is 8.08. The summed E-state index contributed by atoms with van der Waals surface area (Å²) in [4.78, 5) is 0.988. The summed E-state index contributed by atoms with van der Waals surface area (Å²) in [7, 11) is 1.11. The molecule has 1 saturated carbocycles. The maximum atomic E-state index is 12.7. The van der Waals surface area contributed by atoms with Crippen LogP contribution in [0.5, 0.6) is 0 Å². The zero-order chi connectivity index (χ0) is 13.0. The van der Waals surface area contributed by atoms with Crippen molar-refractivity contribution in [2.45, 2.75) is 55.2 Å². The lowest BCUT2D eigenvalue weighted by Gasteiger charge is -2.24. The Balaban J connectivity index is 2.19. The van der Waals surface area contributed by atoms with Crippen molar-refractivity contribution in [3.05, 3.63) is 29.8 Å². The van der Waals surface area contributed by atoms with E-state index in [9.17, 15) is 4.21 Å². The van der Waals surface area contributed by atoms with Gasteiger partial charge in [-0.3, -0.25) is 4.21 Å². The van der Waals surface area contributed by atoms with Crippen molar-refractivity contribution in [1.82, 2.24) is 5.32 Å². The van der Waals surface area contributed by atoms with Crippen molar-refractivity contribution in [3.63, 3.8) is 0 Å². The monoisotopic (exact) mass is 265 g/mol. The molecule has 3 atom stereocenters. The van der Waals surface area contributed by atoms with Gasteiger partial charge in [0.05, 0.1) is 16.0 Å². The van der Waals surface area contributed by atoms with Gasteiger partial charge >= 0.3 is 0 Å². The number of aryl methyl sites for hydroxylation is 1. The Hall–Kier alpha value is -0.670. The lowest BCUT2D eigenvalue weighted by atomic mass is 10.1. The van der Waals surface area contributed by atoms with Gasteiger partial charge in [0.1, 0.15) is 0 Å². The average molecular weight is 265 g/mol. The van der Waals surface area contributed by atoms with Crippen LogP contribution in [0.4, 0.5) is 0 Å². The molecule has 0 saturated heterocycles.